The number of aromatic nitrogens is 8. The number of nitrogens with one attached hydrogen (secondary N) is 2. The lowest BCUT2D eigenvalue weighted by Gasteiger charge is -2.30. The molecule has 0 spiro atoms. The number of aromatic amines is 1. The van der Waals surface area contributed by atoms with Gasteiger partial charge in [0, 0.05) is 71.2 Å². The highest BCUT2D eigenvalue weighted by Crippen LogP contribution is 2.17. The number of amides is 3. The predicted octanol–water partition coefficient (Wildman–Crippen LogP) is 0.383. The molecule has 2 aliphatic rings. The van der Waals surface area contributed by atoms with Gasteiger partial charge in [-0.1, -0.05) is 0 Å². The number of nitrogens with zero attached hydrogens (tertiary/aromatic N) is 9. The number of H-pyrrole nitrogens is 1. The van der Waals surface area contributed by atoms with Crippen LogP contribution in [0.15, 0.2) is 36.9 Å². The Morgan fingerprint density at radius 2 is 1.44 bits per heavy atom. The molecule has 2 saturated heterocycles. The van der Waals surface area contributed by atoms with Crippen LogP contribution >= 0.6 is 0 Å². The van der Waals surface area contributed by atoms with Gasteiger partial charge in [0.15, 0.2) is 11.5 Å². The number of carbonyl (C=O) groups is 4. The molecule has 4 aromatic heterocycles. The van der Waals surface area contributed by atoms with Crippen molar-refractivity contribution in [2.24, 2.45) is 14.1 Å². The van der Waals surface area contributed by atoms with Crippen LogP contribution in [0.3, 0.4) is 0 Å². The molecule has 6 heterocycles. The zero-order valence-corrected chi connectivity index (χ0v) is 23.7. The number of likely N-dealkylation sites (tertiary alicyclic amines) is 2. The summed E-state index contributed by atoms with van der Waals surface area (Å²) in [6, 6.07) is 3.65. The van der Waals surface area contributed by atoms with Crippen molar-refractivity contribution in [3.63, 3.8) is 0 Å². The molecule has 3 N–H and O–H groups in total. The van der Waals surface area contributed by atoms with Crippen LogP contribution in [0.1, 0.15) is 60.4 Å². The highest BCUT2D eigenvalue weighted by Gasteiger charge is 2.29. The Hall–Kier alpha value is -5.41. The smallest absolute Gasteiger partial charge is 0.354 e. The van der Waals surface area contributed by atoms with E-state index in [1.807, 2.05) is 12.1 Å². The second-order valence-corrected chi connectivity index (χ2v) is 10.0. The molecule has 0 atom stereocenters. The molecule has 224 valence electrons. The van der Waals surface area contributed by atoms with Crippen molar-refractivity contribution < 1.29 is 24.3 Å². The van der Waals surface area contributed by atoms with Gasteiger partial charge >= 0.3 is 5.97 Å². The van der Waals surface area contributed by atoms with Gasteiger partial charge in [0.2, 0.25) is 0 Å². The van der Waals surface area contributed by atoms with Crippen molar-refractivity contribution in [2.45, 2.75) is 19.3 Å². The molecular weight excluding hydrogens is 558 g/mol. The first-order chi connectivity index (χ1) is 20.7. The molecule has 16 heteroatoms. The summed E-state index contributed by atoms with van der Waals surface area (Å²) in [4.78, 5) is 59.5. The van der Waals surface area contributed by atoms with Crippen LogP contribution in [0.5, 0.6) is 0 Å². The molecule has 6 rings (SSSR count). The number of aromatic carboxylic acids is 1. The molecule has 0 bridgehead atoms. The van der Waals surface area contributed by atoms with Crippen LogP contribution in [0.2, 0.25) is 0 Å². The van der Waals surface area contributed by atoms with Crippen LogP contribution in [-0.2, 0) is 20.5 Å². The Morgan fingerprint density at radius 1 is 0.884 bits per heavy atom. The Morgan fingerprint density at radius 3 is 1.98 bits per heavy atom. The van der Waals surface area contributed by atoms with Gasteiger partial charge < -0.3 is 20.2 Å². The van der Waals surface area contributed by atoms with Crippen molar-refractivity contribution in [1.82, 2.24) is 54.8 Å². The Kier molecular flexibility index (Phi) is 8.54. The molecule has 0 aliphatic carbocycles. The van der Waals surface area contributed by atoms with E-state index >= 15 is 0 Å². The zero-order valence-electron chi connectivity index (χ0n) is 23.7. The van der Waals surface area contributed by atoms with Crippen molar-refractivity contribution in [2.75, 3.05) is 32.7 Å². The summed E-state index contributed by atoms with van der Waals surface area (Å²) < 4.78 is 2.63. The first-order valence-corrected chi connectivity index (χ1v) is 13.7. The molecule has 16 nitrogen and oxygen atoms in total. The lowest BCUT2D eigenvalue weighted by molar-refractivity contribution is 0.0621. The molecule has 0 unspecified atom stereocenters. The van der Waals surface area contributed by atoms with Crippen LogP contribution in [0, 0.1) is 0 Å². The number of carboxylic acid groups (broad SMARTS) is 1. The third-order valence-electron chi connectivity index (χ3n) is 7.16. The maximum atomic E-state index is 12.6. The van der Waals surface area contributed by atoms with E-state index in [-0.39, 0.29) is 34.7 Å². The van der Waals surface area contributed by atoms with Gasteiger partial charge in [-0.3, -0.25) is 33.8 Å². The van der Waals surface area contributed by atoms with Gasteiger partial charge in [-0.2, -0.15) is 15.3 Å². The van der Waals surface area contributed by atoms with Crippen LogP contribution in [-0.4, -0.2) is 111 Å². The summed E-state index contributed by atoms with van der Waals surface area (Å²) in [6.07, 6.45) is 8.58. The van der Waals surface area contributed by atoms with E-state index in [4.69, 9.17) is 5.11 Å². The maximum Gasteiger partial charge on any atom is 0.354 e. The van der Waals surface area contributed by atoms with Crippen LogP contribution in [0.25, 0.3) is 11.4 Å². The monoisotopic (exact) mass is 589 g/mol. The number of carboxylic acids is 1. The van der Waals surface area contributed by atoms with Gasteiger partial charge in [0.05, 0.1) is 23.5 Å². The molecule has 0 aromatic carbocycles. The number of hydrogen-bond acceptors (Lipinski definition) is 9. The summed E-state index contributed by atoms with van der Waals surface area (Å²) in [7, 11) is 3.16. The van der Waals surface area contributed by atoms with Gasteiger partial charge in [-0.05, 0) is 25.0 Å². The number of hydrogen-bond donors (Lipinski definition) is 3. The van der Waals surface area contributed by atoms with E-state index in [0.29, 0.717) is 43.3 Å². The van der Waals surface area contributed by atoms with Crippen molar-refractivity contribution >= 4 is 23.7 Å². The minimum absolute atomic E-state index is 0.0492. The normalized spacial score (nSPS) is 13.8. The number of aryl methyl sites for hydroxylation is 2. The molecule has 2 aliphatic heterocycles. The average molecular weight is 590 g/mol. The van der Waals surface area contributed by atoms with E-state index in [0.717, 1.165) is 31.5 Å². The Balaban J connectivity index is 0.000000207. The first-order valence-electron chi connectivity index (χ1n) is 13.7. The van der Waals surface area contributed by atoms with Gasteiger partial charge in [-0.25, -0.2) is 9.78 Å². The molecular formula is C27H31N11O5. The highest BCUT2D eigenvalue weighted by atomic mass is 16.4. The molecule has 0 saturated carbocycles. The minimum Gasteiger partial charge on any atom is -0.477 e. The lowest BCUT2D eigenvalue weighted by atomic mass is 10.1. The quantitative estimate of drug-likeness (QED) is 0.258. The van der Waals surface area contributed by atoms with Gasteiger partial charge in [-0.15, -0.1) is 0 Å². The second-order valence-electron chi connectivity index (χ2n) is 10.0. The summed E-state index contributed by atoms with van der Waals surface area (Å²) >= 11 is 0. The summed E-state index contributed by atoms with van der Waals surface area (Å²) in [6.45, 7) is 3.20. The lowest BCUT2D eigenvalue weighted by Crippen LogP contribution is -2.43. The second kappa shape index (κ2) is 12.6. The van der Waals surface area contributed by atoms with Crippen LogP contribution in [0.4, 0.5) is 0 Å². The molecule has 4 aromatic rings. The molecule has 2 fully saturated rings. The first kappa shape index (κ1) is 29.1. The van der Waals surface area contributed by atoms with Crippen molar-refractivity contribution in [3.05, 3.63) is 65.3 Å². The molecule has 0 radical (unpaired) electrons. The predicted molar refractivity (Wildman–Crippen MR) is 150 cm³/mol. The SMILES string of the molecule is Cn1ncc(C(=O)N2CCC2)c1C(=O)NCCc1nc(-c2ccncc2)n[nH]1.Cn1ncc(C(=O)N2CCC2)c1C(=O)O. The molecule has 43 heavy (non-hydrogen) atoms. The van der Waals surface area contributed by atoms with Crippen LogP contribution < -0.4 is 5.32 Å². The van der Waals surface area contributed by atoms with E-state index in [9.17, 15) is 19.2 Å². The minimum atomic E-state index is -1.13. The highest BCUT2D eigenvalue weighted by molar-refractivity contribution is 6.06. The topological polar surface area (TPSA) is 197 Å². The number of pyridine rings is 1. The van der Waals surface area contributed by atoms with E-state index in [1.165, 1.54) is 28.8 Å². The third-order valence-corrected chi connectivity index (χ3v) is 7.16. The Bertz CT molecular complexity index is 1630. The summed E-state index contributed by atoms with van der Waals surface area (Å²) in [5.41, 5.74) is 1.59. The van der Waals surface area contributed by atoms with Crippen molar-refractivity contribution in [1.29, 1.82) is 0 Å². The van der Waals surface area contributed by atoms with E-state index in [1.54, 1.807) is 29.2 Å². The summed E-state index contributed by atoms with van der Waals surface area (Å²) in [5.74, 6) is -0.614. The largest absolute Gasteiger partial charge is 0.477 e. The fraction of sp³-hybridized carbons (Fsp3) is 0.370. The summed E-state index contributed by atoms with van der Waals surface area (Å²) in [5, 5.41) is 26.7. The maximum absolute atomic E-state index is 12.6. The zero-order chi connectivity index (χ0) is 30.5. The average Bonchev–Trinajstić information content (AvgIpc) is 3.66. The number of rotatable bonds is 8. The Labute approximate surface area is 245 Å². The third kappa shape index (κ3) is 6.27. The molecule has 3 amide bonds. The van der Waals surface area contributed by atoms with E-state index < -0.39 is 5.97 Å². The van der Waals surface area contributed by atoms with E-state index in [2.05, 4.69) is 35.7 Å². The standard InChI is InChI=1S/C18H20N8O2.C9H11N3O3/c1-25-15(13(11-21-25)18(28)26-9-2-10-26)17(27)20-8-5-14-22-16(24-23-14)12-3-6-19-7-4-12;1-11-7(9(14)15)6(5-10-11)8(13)12-3-2-4-12/h3-4,6-7,11H,2,5,8-10H2,1H3,(H,20,27)(H,22,23,24);5H,2-4H2,1H3,(H,14,15). The van der Waals surface area contributed by atoms with Crippen molar-refractivity contribution in [3.8, 4) is 11.4 Å². The fourth-order valence-corrected chi connectivity index (χ4v) is 4.51. The van der Waals surface area contributed by atoms with Gasteiger partial charge in [0.1, 0.15) is 11.5 Å². The van der Waals surface area contributed by atoms with Gasteiger partial charge in [0.25, 0.3) is 17.7 Å². The number of carbonyl (C=O) groups excluding carboxylic acids is 3. The fourth-order valence-electron chi connectivity index (χ4n) is 4.51.